The standard InChI is InChI=1S/C17H11BrClN5O2/c18-8-15-21-22-16-9-20-17(11-3-1-2-4-13(11)19)12-7-10(24(25)26)5-6-14(12)23(15)16/h1-7H,8-9H2. The lowest BCUT2D eigenvalue weighted by atomic mass is 9.99. The molecule has 0 spiro atoms. The molecular weight excluding hydrogens is 422 g/mol. The first-order valence-corrected chi connectivity index (χ1v) is 9.17. The Morgan fingerprint density at radius 2 is 2.00 bits per heavy atom. The number of aliphatic imine (C=N–C) groups is 1. The Morgan fingerprint density at radius 1 is 1.19 bits per heavy atom. The predicted molar refractivity (Wildman–Crippen MR) is 101 cm³/mol. The van der Waals surface area contributed by atoms with E-state index < -0.39 is 4.92 Å². The van der Waals surface area contributed by atoms with Crippen LogP contribution in [0.1, 0.15) is 22.8 Å². The van der Waals surface area contributed by atoms with Crippen molar-refractivity contribution in [3.63, 3.8) is 0 Å². The summed E-state index contributed by atoms with van der Waals surface area (Å²) < 4.78 is 1.88. The number of benzene rings is 2. The van der Waals surface area contributed by atoms with E-state index in [9.17, 15) is 10.1 Å². The van der Waals surface area contributed by atoms with Crippen LogP contribution in [0.25, 0.3) is 5.69 Å². The molecule has 0 saturated heterocycles. The van der Waals surface area contributed by atoms with Gasteiger partial charge >= 0.3 is 0 Å². The van der Waals surface area contributed by atoms with Crippen molar-refractivity contribution in [2.45, 2.75) is 11.9 Å². The third-order valence-electron chi connectivity index (χ3n) is 4.11. The van der Waals surface area contributed by atoms with Crippen LogP contribution in [0.2, 0.25) is 5.02 Å². The van der Waals surface area contributed by atoms with Gasteiger partial charge in [-0.15, -0.1) is 10.2 Å². The van der Waals surface area contributed by atoms with Crippen LogP contribution in [0.5, 0.6) is 0 Å². The molecule has 0 bridgehead atoms. The SMILES string of the molecule is O=[N+]([O-])c1ccc2c(c1)C(c1ccccc1Cl)=NCc1nnc(CBr)n1-2. The van der Waals surface area contributed by atoms with Gasteiger partial charge in [0, 0.05) is 28.3 Å². The van der Waals surface area contributed by atoms with E-state index in [1.807, 2.05) is 22.8 Å². The molecule has 0 radical (unpaired) electrons. The normalized spacial score (nSPS) is 12.8. The highest BCUT2D eigenvalue weighted by Gasteiger charge is 2.25. The molecule has 9 heteroatoms. The second kappa shape index (κ2) is 6.62. The Labute approximate surface area is 161 Å². The van der Waals surface area contributed by atoms with Gasteiger partial charge in [-0.25, -0.2) is 0 Å². The molecular formula is C17H11BrClN5O2. The van der Waals surface area contributed by atoms with Crippen LogP contribution < -0.4 is 0 Å². The quantitative estimate of drug-likeness (QED) is 0.354. The van der Waals surface area contributed by atoms with Crippen molar-refractivity contribution in [1.29, 1.82) is 0 Å². The van der Waals surface area contributed by atoms with Gasteiger partial charge in [0.05, 0.1) is 21.7 Å². The van der Waals surface area contributed by atoms with Crippen molar-refractivity contribution in [3.05, 3.63) is 80.4 Å². The molecule has 2 aromatic carbocycles. The topological polar surface area (TPSA) is 86.2 Å². The molecule has 1 aliphatic heterocycles. The summed E-state index contributed by atoms with van der Waals surface area (Å²) in [6, 6.07) is 12.0. The number of hydrogen-bond acceptors (Lipinski definition) is 5. The van der Waals surface area contributed by atoms with Crippen LogP contribution in [-0.2, 0) is 11.9 Å². The Morgan fingerprint density at radius 3 is 2.73 bits per heavy atom. The molecule has 26 heavy (non-hydrogen) atoms. The van der Waals surface area contributed by atoms with Crippen molar-refractivity contribution in [2.24, 2.45) is 4.99 Å². The van der Waals surface area contributed by atoms with Gasteiger partial charge in [-0.05, 0) is 12.1 Å². The number of nitrogens with zero attached hydrogens (tertiary/aromatic N) is 5. The molecule has 0 fully saturated rings. The molecule has 4 rings (SSSR count). The van der Waals surface area contributed by atoms with Gasteiger partial charge in [0.25, 0.3) is 5.69 Å². The van der Waals surface area contributed by atoms with Crippen molar-refractivity contribution < 1.29 is 4.92 Å². The number of non-ortho nitro benzene ring substituents is 1. The predicted octanol–water partition coefficient (Wildman–Crippen LogP) is 4.07. The zero-order valence-corrected chi connectivity index (χ0v) is 15.6. The first-order chi connectivity index (χ1) is 12.6. The first-order valence-electron chi connectivity index (χ1n) is 7.68. The maximum atomic E-state index is 11.3. The lowest BCUT2D eigenvalue weighted by Gasteiger charge is -2.13. The van der Waals surface area contributed by atoms with Crippen LogP contribution in [0.3, 0.4) is 0 Å². The molecule has 0 aliphatic carbocycles. The molecule has 2 heterocycles. The summed E-state index contributed by atoms with van der Waals surface area (Å²) in [6.07, 6.45) is 0. The van der Waals surface area contributed by atoms with E-state index >= 15 is 0 Å². The van der Waals surface area contributed by atoms with E-state index in [0.29, 0.717) is 39.8 Å². The van der Waals surface area contributed by atoms with E-state index in [0.717, 1.165) is 11.3 Å². The van der Waals surface area contributed by atoms with E-state index in [1.54, 1.807) is 12.1 Å². The molecule has 7 nitrogen and oxygen atoms in total. The van der Waals surface area contributed by atoms with Crippen molar-refractivity contribution >= 4 is 38.9 Å². The van der Waals surface area contributed by atoms with E-state index in [4.69, 9.17) is 11.6 Å². The summed E-state index contributed by atoms with van der Waals surface area (Å²) in [5.41, 5.74) is 2.66. The highest BCUT2D eigenvalue weighted by Crippen LogP contribution is 2.31. The summed E-state index contributed by atoms with van der Waals surface area (Å²) >= 11 is 9.78. The van der Waals surface area contributed by atoms with E-state index in [2.05, 4.69) is 31.1 Å². The lowest BCUT2D eigenvalue weighted by molar-refractivity contribution is -0.384. The minimum Gasteiger partial charge on any atom is -0.280 e. The van der Waals surface area contributed by atoms with Gasteiger partial charge in [0.1, 0.15) is 12.4 Å². The summed E-state index contributed by atoms with van der Waals surface area (Å²) in [7, 11) is 0. The number of nitro benzene ring substituents is 1. The van der Waals surface area contributed by atoms with Crippen LogP contribution in [0, 0.1) is 10.1 Å². The smallest absolute Gasteiger partial charge is 0.270 e. The second-order valence-electron chi connectivity index (χ2n) is 5.60. The summed E-state index contributed by atoms with van der Waals surface area (Å²) in [5, 5.41) is 20.7. The van der Waals surface area contributed by atoms with Gasteiger partial charge in [0.2, 0.25) is 0 Å². The molecule has 0 N–H and O–H groups in total. The highest BCUT2D eigenvalue weighted by atomic mass is 79.9. The van der Waals surface area contributed by atoms with Crippen LogP contribution in [0.15, 0.2) is 47.5 Å². The van der Waals surface area contributed by atoms with Crippen LogP contribution in [-0.4, -0.2) is 25.4 Å². The number of nitro groups is 1. The number of fused-ring (bicyclic) bond motifs is 3. The van der Waals surface area contributed by atoms with Crippen molar-refractivity contribution in [2.75, 3.05) is 0 Å². The number of aromatic nitrogens is 3. The summed E-state index contributed by atoms with van der Waals surface area (Å²) in [5.74, 6) is 1.36. The number of hydrogen-bond donors (Lipinski definition) is 0. The number of rotatable bonds is 3. The molecule has 3 aromatic rings. The molecule has 1 aromatic heterocycles. The Kier molecular flexibility index (Phi) is 4.29. The van der Waals surface area contributed by atoms with Gasteiger partial charge in [-0.2, -0.15) is 0 Å². The molecule has 130 valence electrons. The lowest BCUT2D eigenvalue weighted by Crippen LogP contribution is -2.10. The Balaban J connectivity index is 2.03. The van der Waals surface area contributed by atoms with E-state index in [1.165, 1.54) is 12.1 Å². The van der Waals surface area contributed by atoms with Gasteiger partial charge in [-0.3, -0.25) is 19.7 Å². The zero-order chi connectivity index (χ0) is 18.3. The van der Waals surface area contributed by atoms with Crippen LogP contribution in [0.4, 0.5) is 5.69 Å². The minimum absolute atomic E-state index is 0.0135. The van der Waals surface area contributed by atoms with Gasteiger partial charge in [0.15, 0.2) is 5.82 Å². The monoisotopic (exact) mass is 431 g/mol. The molecule has 0 unspecified atom stereocenters. The van der Waals surface area contributed by atoms with Gasteiger partial charge < -0.3 is 0 Å². The fraction of sp³-hybridized carbons (Fsp3) is 0.118. The molecule has 0 saturated carbocycles. The largest absolute Gasteiger partial charge is 0.280 e. The molecule has 0 amide bonds. The second-order valence-corrected chi connectivity index (χ2v) is 6.57. The average molecular weight is 433 g/mol. The van der Waals surface area contributed by atoms with E-state index in [-0.39, 0.29) is 5.69 Å². The third kappa shape index (κ3) is 2.71. The zero-order valence-electron chi connectivity index (χ0n) is 13.3. The maximum absolute atomic E-state index is 11.3. The fourth-order valence-electron chi connectivity index (χ4n) is 2.96. The fourth-order valence-corrected chi connectivity index (χ4v) is 3.55. The molecule has 1 aliphatic rings. The van der Waals surface area contributed by atoms with Crippen LogP contribution >= 0.6 is 27.5 Å². The Hall–Kier alpha value is -2.58. The van der Waals surface area contributed by atoms with Gasteiger partial charge in [-0.1, -0.05) is 45.7 Å². The first kappa shape index (κ1) is 16.9. The average Bonchev–Trinajstić information content (AvgIpc) is 2.98. The minimum atomic E-state index is -0.423. The Bertz CT molecular complexity index is 1060. The van der Waals surface area contributed by atoms with Crippen molar-refractivity contribution in [1.82, 2.24) is 14.8 Å². The highest BCUT2D eigenvalue weighted by molar-refractivity contribution is 9.08. The third-order valence-corrected chi connectivity index (χ3v) is 4.94. The maximum Gasteiger partial charge on any atom is 0.270 e. The summed E-state index contributed by atoms with van der Waals surface area (Å²) in [6.45, 7) is 0.295. The van der Waals surface area contributed by atoms with Crippen molar-refractivity contribution in [3.8, 4) is 5.69 Å². The number of alkyl halides is 1. The number of halogens is 2. The molecule has 0 atom stereocenters. The summed E-state index contributed by atoms with van der Waals surface area (Å²) in [4.78, 5) is 15.5.